The smallest absolute Gasteiger partial charge is 0.475 e. The van der Waals surface area contributed by atoms with Crippen LogP contribution in [0.2, 0.25) is 0 Å². The van der Waals surface area contributed by atoms with Crippen LogP contribution in [-0.4, -0.2) is 34.6 Å². The first kappa shape index (κ1) is 22.0. The lowest BCUT2D eigenvalue weighted by Gasteiger charge is -2.41. The molecule has 3 N–H and O–H groups in total. The van der Waals surface area contributed by atoms with Crippen molar-refractivity contribution in [2.45, 2.75) is 69.3 Å². The Labute approximate surface area is 194 Å². The third-order valence-electron chi connectivity index (χ3n) is 7.14. The Morgan fingerprint density at radius 1 is 1.09 bits per heavy atom. The summed E-state index contributed by atoms with van der Waals surface area (Å²) in [6.07, 6.45) is 10.1. The Morgan fingerprint density at radius 3 is 2.73 bits per heavy atom. The standard InChI is InChI=1S/C26H30BNO5/c29-25(28-24(27(30)31)16-20-17-32-23-7-3-2-6-21(20)23)15-18-8-9-22-19(14-18)10-13-26(33-22)11-4-1-5-12-26/h2-3,6-9,14,17,24,30-31H,1,4-5,10-13,15-16H2,(H,28,29). The van der Waals surface area contributed by atoms with Crippen molar-refractivity contribution in [2.24, 2.45) is 0 Å². The Bertz CT molecular complexity index is 1130. The Balaban J connectivity index is 1.23. The van der Waals surface area contributed by atoms with Gasteiger partial charge in [-0.05, 0) is 73.8 Å². The number of hydrogen-bond acceptors (Lipinski definition) is 5. The van der Waals surface area contributed by atoms with Gasteiger partial charge in [-0.1, -0.05) is 36.8 Å². The van der Waals surface area contributed by atoms with E-state index in [1.807, 2.05) is 36.4 Å². The van der Waals surface area contributed by atoms with Gasteiger partial charge in [0.15, 0.2) is 0 Å². The summed E-state index contributed by atoms with van der Waals surface area (Å²) >= 11 is 0. The molecule has 5 rings (SSSR count). The van der Waals surface area contributed by atoms with E-state index in [2.05, 4.69) is 11.4 Å². The molecule has 1 spiro atoms. The van der Waals surface area contributed by atoms with Gasteiger partial charge in [-0.2, -0.15) is 0 Å². The lowest BCUT2D eigenvalue weighted by atomic mass is 9.75. The highest BCUT2D eigenvalue weighted by molar-refractivity contribution is 6.43. The number of para-hydroxylation sites is 1. The van der Waals surface area contributed by atoms with Gasteiger partial charge in [0.25, 0.3) is 0 Å². The van der Waals surface area contributed by atoms with Crippen molar-refractivity contribution < 1.29 is 24.0 Å². The van der Waals surface area contributed by atoms with Crippen molar-refractivity contribution in [3.05, 3.63) is 65.4 Å². The summed E-state index contributed by atoms with van der Waals surface area (Å²) in [5, 5.41) is 23.4. The lowest BCUT2D eigenvalue weighted by molar-refractivity contribution is -0.120. The van der Waals surface area contributed by atoms with Crippen LogP contribution in [0.4, 0.5) is 0 Å². The van der Waals surface area contributed by atoms with Gasteiger partial charge in [-0.25, -0.2) is 0 Å². The monoisotopic (exact) mass is 447 g/mol. The van der Waals surface area contributed by atoms with Crippen LogP contribution in [0.25, 0.3) is 11.0 Å². The van der Waals surface area contributed by atoms with Gasteiger partial charge in [0.2, 0.25) is 5.91 Å². The molecule has 0 radical (unpaired) electrons. The van der Waals surface area contributed by atoms with E-state index in [0.29, 0.717) is 0 Å². The minimum atomic E-state index is -1.67. The number of fused-ring (bicyclic) bond motifs is 2. The van der Waals surface area contributed by atoms with Crippen molar-refractivity contribution in [1.29, 1.82) is 0 Å². The fraction of sp³-hybridized carbons (Fsp3) is 0.423. The second-order valence-electron chi connectivity index (χ2n) is 9.51. The molecule has 1 atom stereocenters. The molecule has 7 heteroatoms. The fourth-order valence-corrected chi connectivity index (χ4v) is 5.33. The van der Waals surface area contributed by atoms with Gasteiger partial charge < -0.3 is 24.5 Å². The summed E-state index contributed by atoms with van der Waals surface area (Å²) in [6.45, 7) is 0. The van der Waals surface area contributed by atoms with Gasteiger partial charge in [0.05, 0.1) is 18.6 Å². The zero-order chi connectivity index (χ0) is 22.8. The van der Waals surface area contributed by atoms with E-state index < -0.39 is 13.1 Å². The third-order valence-corrected chi connectivity index (χ3v) is 7.14. The number of ether oxygens (including phenoxy) is 1. The summed E-state index contributed by atoms with van der Waals surface area (Å²) in [7, 11) is -1.67. The Kier molecular flexibility index (Phi) is 6.17. The van der Waals surface area contributed by atoms with Crippen molar-refractivity contribution >= 4 is 24.0 Å². The molecule has 1 aliphatic carbocycles. The molecule has 1 saturated carbocycles. The average Bonchev–Trinajstić information content (AvgIpc) is 3.22. The zero-order valence-corrected chi connectivity index (χ0v) is 18.8. The summed E-state index contributed by atoms with van der Waals surface area (Å²) in [4.78, 5) is 12.7. The number of carbonyl (C=O) groups is 1. The Hall–Kier alpha value is -2.77. The second-order valence-corrected chi connectivity index (χ2v) is 9.51. The number of amides is 1. The van der Waals surface area contributed by atoms with Crippen LogP contribution < -0.4 is 10.1 Å². The third kappa shape index (κ3) is 4.80. The molecule has 1 unspecified atom stereocenters. The second kappa shape index (κ2) is 9.24. The zero-order valence-electron chi connectivity index (χ0n) is 18.8. The summed E-state index contributed by atoms with van der Waals surface area (Å²) in [5.74, 6) is -0.130. The molecule has 6 nitrogen and oxygen atoms in total. The average molecular weight is 447 g/mol. The van der Waals surface area contributed by atoms with Crippen molar-refractivity contribution in [3.8, 4) is 5.75 Å². The minimum absolute atomic E-state index is 0.00584. The SMILES string of the molecule is O=C(Cc1ccc2c(c1)CCC1(CCCCC1)O2)NC(Cc1coc2ccccc12)B(O)O. The number of nitrogens with one attached hydrogen (secondary N) is 1. The summed E-state index contributed by atoms with van der Waals surface area (Å²) in [6, 6.07) is 13.5. The molecule has 1 aliphatic heterocycles. The van der Waals surface area contributed by atoms with Crippen LogP contribution in [0.3, 0.4) is 0 Å². The van der Waals surface area contributed by atoms with Gasteiger partial charge >= 0.3 is 7.12 Å². The number of rotatable bonds is 6. The molecule has 2 aliphatic rings. The van der Waals surface area contributed by atoms with Gasteiger partial charge in [0.1, 0.15) is 16.9 Å². The maximum Gasteiger partial charge on any atom is 0.475 e. The molecule has 0 saturated heterocycles. The molecule has 1 amide bonds. The molecule has 172 valence electrons. The predicted octanol–water partition coefficient (Wildman–Crippen LogP) is 3.74. The van der Waals surface area contributed by atoms with Crippen LogP contribution in [0, 0.1) is 0 Å². The Morgan fingerprint density at radius 2 is 1.91 bits per heavy atom. The van der Waals surface area contributed by atoms with E-state index in [1.165, 1.54) is 19.3 Å². The summed E-state index contributed by atoms with van der Waals surface area (Å²) in [5.41, 5.74) is 3.61. The number of hydrogen-bond donors (Lipinski definition) is 3. The maximum absolute atomic E-state index is 12.7. The quantitative estimate of drug-likeness (QED) is 0.501. The van der Waals surface area contributed by atoms with Gasteiger partial charge in [0, 0.05) is 5.39 Å². The number of aryl methyl sites for hydroxylation is 1. The fourth-order valence-electron chi connectivity index (χ4n) is 5.33. The van der Waals surface area contributed by atoms with Crippen LogP contribution in [0.5, 0.6) is 5.75 Å². The first-order valence-electron chi connectivity index (χ1n) is 11.9. The van der Waals surface area contributed by atoms with Crippen LogP contribution in [-0.2, 0) is 24.1 Å². The number of furan rings is 1. The topological polar surface area (TPSA) is 91.9 Å². The number of carbonyl (C=O) groups excluding carboxylic acids is 1. The number of benzene rings is 2. The molecular formula is C26H30BNO5. The van der Waals surface area contributed by atoms with Crippen LogP contribution >= 0.6 is 0 Å². The van der Waals surface area contributed by atoms with Crippen molar-refractivity contribution in [2.75, 3.05) is 0 Å². The highest BCUT2D eigenvalue weighted by Crippen LogP contribution is 2.42. The summed E-state index contributed by atoms with van der Waals surface area (Å²) < 4.78 is 12.0. The van der Waals surface area contributed by atoms with Crippen molar-refractivity contribution in [3.63, 3.8) is 0 Å². The van der Waals surface area contributed by atoms with E-state index in [9.17, 15) is 14.8 Å². The van der Waals surface area contributed by atoms with E-state index in [-0.39, 0.29) is 24.3 Å². The molecule has 2 heterocycles. The molecule has 3 aromatic rings. The lowest BCUT2D eigenvalue weighted by Crippen LogP contribution is -2.48. The van der Waals surface area contributed by atoms with Gasteiger partial charge in [-0.3, -0.25) is 4.79 Å². The molecule has 33 heavy (non-hydrogen) atoms. The molecule has 1 aromatic heterocycles. The van der Waals surface area contributed by atoms with E-state index in [1.54, 1.807) is 6.26 Å². The largest absolute Gasteiger partial charge is 0.487 e. The molecular weight excluding hydrogens is 417 g/mol. The first-order valence-corrected chi connectivity index (χ1v) is 11.9. The van der Waals surface area contributed by atoms with Crippen LogP contribution in [0.15, 0.2) is 53.1 Å². The minimum Gasteiger partial charge on any atom is -0.487 e. The molecule has 2 aromatic carbocycles. The highest BCUT2D eigenvalue weighted by atomic mass is 16.5. The van der Waals surface area contributed by atoms with E-state index >= 15 is 0 Å². The van der Waals surface area contributed by atoms with Gasteiger partial charge in [-0.15, -0.1) is 0 Å². The highest BCUT2D eigenvalue weighted by Gasteiger charge is 2.37. The van der Waals surface area contributed by atoms with E-state index in [0.717, 1.165) is 59.1 Å². The maximum atomic E-state index is 12.7. The van der Waals surface area contributed by atoms with E-state index in [4.69, 9.17) is 9.15 Å². The predicted molar refractivity (Wildman–Crippen MR) is 127 cm³/mol. The van der Waals surface area contributed by atoms with Crippen LogP contribution in [0.1, 0.15) is 55.2 Å². The van der Waals surface area contributed by atoms with Crippen molar-refractivity contribution in [1.82, 2.24) is 5.32 Å². The normalized spacial score (nSPS) is 17.9. The first-order chi connectivity index (χ1) is 16.0. The molecule has 0 bridgehead atoms. The molecule has 1 fully saturated rings.